The van der Waals surface area contributed by atoms with E-state index in [1.807, 2.05) is 12.9 Å². The molecule has 2 aliphatic heterocycles. The van der Waals surface area contributed by atoms with Crippen LogP contribution in [0.2, 0.25) is 0 Å². The summed E-state index contributed by atoms with van der Waals surface area (Å²) in [6.07, 6.45) is 4.59. The van der Waals surface area contributed by atoms with Crippen molar-refractivity contribution in [1.29, 1.82) is 0 Å². The second kappa shape index (κ2) is 10.3. The molecule has 0 radical (unpaired) electrons. The smallest absolute Gasteiger partial charge is 0.410 e. The predicted molar refractivity (Wildman–Crippen MR) is 162 cm³/mol. The van der Waals surface area contributed by atoms with Crippen LogP contribution < -0.4 is 9.80 Å². The standard InChI is InChI=1S/C32H33F2N7O3/c1-18-14-21(15-19(2)28(18)33)41-30(27-20(3)38(11-10-23(27)36-41)31(43)44-32(4,5)6)40-13-12-39(26(40)17-42)25-9-8-24-22(29(25)34)16-35-37(24)7/h8-9,12-16,20H,10-11H2,1-7H3/t20-/m0/s1. The molecule has 228 valence electrons. The highest BCUT2D eigenvalue weighted by Gasteiger charge is 2.40. The largest absolute Gasteiger partial charge is 0.444 e. The summed E-state index contributed by atoms with van der Waals surface area (Å²) in [7, 11) is 1.72. The maximum absolute atomic E-state index is 15.8. The number of amides is 1. The van der Waals surface area contributed by atoms with Crippen LogP contribution in [0.25, 0.3) is 16.6 Å². The monoisotopic (exact) mass is 601 g/mol. The molecule has 4 heterocycles. The minimum atomic E-state index is -0.696. The van der Waals surface area contributed by atoms with Gasteiger partial charge in [0.15, 0.2) is 11.8 Å². The van der Waals surface area contributed by atoms with Crippen molar-refractivity contribution in [2.75, 3.05) is 16.3 Å². The Kier molecular flexibility index (Phi) is 6.85. The minimum absolute atomic E-state index is 0.00626. The number of carbonyl (C=O) groups is 1. The van der Waals surface area contributed by atoms with E-state index < -0.39 is 23.6 Å². The molecule has 0 fully saturated rings. The predicted octanol–water partition coefficient (Wildman–Crippen LogP) is 5.98. The van der Waals surface area contributed by atoms with Gasteiger partial charge in [0, 0.05) is 38.0 Å². The van der Waals surface area contributed by atoms with Crippen LogP contribution in [0.5, 0.6) is 0 Å². The van der Waals surface area contributed by atoms with Gasteiger partial charge in [0.2, 0.25) is 5.82 Å². The number of hydrogen-bond donors (Lipinski definition) is 0. The zero-order chi connectivity index (χ0) is 31.7. The zero-order valence-corrected chi connectivity index (χ0v) is 25.6. The van der Waals surface area contributed by atoms with Gasteiger partial charge in [0.05, 0.1) is 40.2 Å². The number of benzene rings is 2. The van der Waals surface area contributed by atoms with E-state index in [1.165, 1.54) is 11.1 Å². The van der Waals surface area contributed by atoms with E-state index in [4.69, 9.17) is 9.84 Å². The number of aromatic nitrogens is 4. The number of fused-ring (bicyclic) bond motifs is 2. The highest BCUT2D eigenvalue weighted by Crippen LogP contribution is 2.43. The first-order chi connectivity index (χ1) is 20.8. The van der Waals surface area contributed by atoms with Crippen LogP contribution >= 0.6 is 0 Å². The molecule has 0 unspecified atom stereocenters. The molecule has 1 amide bonds. The number of nitrogens with zero attached hydrogens (tertiary/aromatic N) is 7. The van der Waals surface area contributed by atoms with Crippen molar-refractivity contribution < 1.29 is 23.1 Å². The van der Waals surface area contributed by atoms with Crippen molar-refractivity contribution in [2.45, 2.75) is 59.6 Å². The lowest BCUT2D eigenvalue weighted by Gasteiger charge is -2.35. The van der Waals surface area contributed by atoms with E-state index >= 15 is 4.39 Å². The van der Waals surface area contributed by atoms with Crippen LogP contribution in [0, 0.1) is 25.5 Å². The maximum atomic E-state index is 15.8. The highest BCUT2D eigenvalue weighted by molar-refractivity contribution is 5.87. The lowest BCUT2D eigenvalue weighted by atomic mass is 9.99. The fourth-order valence-corrected chi connectivity index (χ4v) is 5.90. The van der Waals surface area contributed by atoms with Crippen molar-refractivity contribution in [2.24, 2.45) is 7.05 Å². The molecule has 10 nitrogen and oxygen atoms in total. The molecule has 12 heteroatoms. The van der Waals surface area contributed by atoms with Gasteiger partial charge in [-0.05, 0) is 76.9 Å². The van der Waals surface area contributed by atoms with Gasteiger partial charge in [0.25, 0.3) is 0 Å². The molecule has 2 aromatic heterocycles. The highest BCUT2D eigenvalue weighted by atomic mass is 19.1. The molecular weight excluding hydrogens is 568 g/mol. The van der Waals surface area contributed by atoms with Gasteiger partial charge < -0.3 is 9.64 Å². The Morgan fingerprint density at radius 2 is 1.75 bits per heavy atom. The molecule has 6 rings (SSSR count). The van der Waals surface area contributed by atoms with E-state index in [0.29, 0.717) is 57.8 Å². The summed E-state index contributed by atoms with van der Waals surface area (Å²) in [5.74, 6) is 1.57. The molecule has 0 saturated heterocycles. The number of rotatable bonds is 3. The van der Waals surface area contributed by atoms with Gasteiger partial charge in [-0.15, -0.1) is 0 Å². The normalized spacial score (nSPS) is 16.6. The molecule has 4 aromatic rings. The van der Waals surface area contributed by atoms with Gasteiger partial charge in [-0.3, -0.25) is 14.5 Å². The lowest BCUT2D eigenvalue weighted by molar-refractivity contribution is 0.0160. The number of carbonyl (C=O) groups excluding carboxylic acids is 2. The van der Waals surface area contributed by atoms with E-state index in [1.54, 1.807) is 97.5 Å². The third kappa shape index (κ3) is 4.62. The van der Waals surface area contributed by atoms with Crippen LogP contribution in [0.3, 0.4) is 0 Å². The van der Waals surface area contributed by atoms with Crippen LogP contribution in [0.1, 0.15) is 56.1 Å². The van der Waals surface area contributed by atoms with E-state index in [2.05, 4.69) is 5.10 Å². The first kappa shape index (κ1) is 29.1. The van der Waals surface area contributed by atoms with Crippen LogP contribution in [-0.2, 0) is 23.0 Å². The van der Waals surface area contributed by atoms with Crippen molar-refractivity contribution >= 4 is 34.4 Å². The SMILES string of the molecule is Cc1cc(-n2nc3c(c2N2C=CN(c4ccc5c(cnn5C)c4F)C2=C=O)[C@H](C)N(C(=O)OC(C)(C)C)CC3)cc(C)c1F. The molecule has 0 spiro atoms. The Balaban J connectivity index is 1.50. The minimum Gasteiger partial charge on any atom is -0.444 e. The Hall–Kier alpha value is -4.96. The number of aryl methyl sites for hydroxylation is 3. The van der Waals surface area contributed by atoms with Crippen molar-refractivity contribution in [3.05, 3.63) is 82.7 Å². The number of ether oxygens (including phenoxy) is 1. The lowest BCUT2D eigenvalue weighted by Crippen LogP contribution is -2.42. The summed E-state index contributed by atoms with van der Waals surface area (Å²) in [5.41, 5.74) is 2.88. The molecular formula is C32H33F2N7O3. The molecule has 0 bridgehead atoms. The quantitative estimate of drug-likeness (QED) is 0.267. The van der Waals surface area contributed by atoms with E-state index in [-0.39, 0.29) is 17.3 Å². The Morgan fingerprint density at radius 1 is 1.07 bits per heavy atom. The van der Waals surface area contributed by atoms with Gasteiger partial charge in [0.1, 0.15) is 17.2 Å². The van der Waals surface area contributed by atoms with Crippen molar-refractivity contribution in [3.8, 4) is 5.69 Å². The Bertz CT molecular complexity index is 1890. The summed E-state index contributed by atoms with van der Waals surface area (Å²) < 4.78 is 39.4. The summed E-state index contributed by atoms with van der Waals surface area (Å²) in [6.45, 7) is 11.0. The molecule has 2 aromatic carbocycles. The average Bonchev–Trinajstić information content (AvgIpc) is 3.66. The van der Waals surface area contributed by atoms with Crippen LogP contribution in [0.15, 0.2) is 48.7 Å². The van der Waals surface area contributed by atoms with E-state index in [0.717, 1.165) is 0 Å². The van der Waals surface area contributed by atoms with Gasteiger partial charge in [-0.25, -0.2) is 23.1 Å². The molecule has 0 saturated carbocycles. The maximum Gasteiger partial charge on any atom is 0.410 e. The van der Waals surface area contributed by atoms with Gasteiger partial charge >= 0.3 is 6.09 Å². The van der Waals surface area contributed by atoms with Crippen molar-refractivity contribution in [3.63, 3.8) is 0 Å². The third-order valence-electron chi connectivity index (χ3n) is 7.99. The average molecular weight is 602 g/mol. The summed E-state index contributed by atoms with van der Waals surface area (Å²) in [6, 6.07) is 6.17. The van der Waals surface area contributed by atoms with E-state index in [9.17, 15) is 14.0 Å². The summed E-state index contributed by atoms with van der Waals surface area (Å²) >= 11 is 0. The second-order valence-electron chi connectivity index (χ2n) is 12.2. The van der Waals surface area contributed by atoms with Crippen molar-refractivity contribution in [1.82, 2.24) is 24.5 Å². The van der Waals surface area contributed by atoms with Gasteiger partial charge in [-0.2, -0.15) is 10.2 Å². The number of hydrogen-bond acceptors (Lipinski definition) is 7. The number of halogens is 2. The molecule has 0 aliphatic carbocycles. The first-order valence-corrected chi connectivity index (χ1v) is 14.3. The van der Waals surface area contributed by atoms with Crippen LogP contribution in [-0.4, -0.2) is 48.6 Å². The van der Waals surface area contributed by atoms with Gasteiger partial charge in [-0.1, -0.05) is 0 Å². The summed E-state index contributed by atoms with van der Waals surface area (Å²) in [5, 5.41) is 9.38. The number of anilines is 2. The molecule has 44 heavy (non-hydrogen) atoms. The molecule has 1 atom stereocenters. The Labute approximate surface area is 253 Å². The fourth-order valence-electron chi connectivity index (χ4n) is 5.90. The topological polar surface area (TPSA) is 88.7 Å². The van der Waals surface area contributed by atoms with Crippen LogP contribution in [0.4, 0.5) is 25.1 Å². The summed E-state index contributed by atoms with van der Waals surface area (Å²) in [4.78, 5) is 30.5. The molecule has 2 aliphatic rings. The second-order valence-corrected chi connectivity index (χ2v) is 12.2. The fraction of sp³-hybridized carbons (Fsp3) is 0.344. The third-order valence-corrected chi connectivity index (χ3v) is 7.99. The Morgan fingerprint density at radius 3 is 2.41 bits per heavy atom. The first-order valence-electron chi connectivity index (χ1n) is 14.3. The zero-order valence-electron chi connectivity index (χ0n) is 25.6. The molecule has 0 N–H and O–H groups in total.